The molecule has 1 aromatic carbocycles. The van der Waals surface area contributed by atoms with Crippen LogP contribution in [-0.4, -0.2) is 4.98 Å². The van der Waals surface area contributed by atoms with Crippen LogP contribution in [0.25, 0.3) is 11.3 Å². The topological polar surface area (TPSA) is 12.9 Å². The second kappa shape index (κ2) is 4.90. The van der Waals surface area contributed by atoms with E-state index in [0.29, 0.717) is 0 Å². The summed E-state index contributed by atoms with van der Waals surface area (Å²) in [6.45, 7) is 3.79. The van der Waals surface area contributed by atoms with E-state index in [1.54, 1.807) is 6.20 Å². The third kappa shape index (κ3) is 2.42. The van der Waals surface area contributed by atoms with Gasteiger partial charge in [0.2, 0.25) is 0 Å². The molecule has 2 heteroatoms. The zero-order chi connectivity index (χ0) is 9.10. The Balaban J connectivity index is 0.000000980. The number of hydrogen-bond acceptors (Lipinski definition) is 1. The van der Waals surface area contributed by atoms with Crippen molar-refractivity contribution in [1.29, 1.82) is 0 Å². The van der Waals surface area contributed by atoms with Crippen LogP contribution in [-0.2, 0) is 0 Å². The third-order valence-electron chi connectivity index (χ3n) is 1.89. The zero-order valence-corrected chi connectivity index (χ0v) is 8.27. The van der Waals surface area contributed by atoms with Crippen molar-refractivity contribution in [2.45, 2.75) is 0 Å². The van der Waals surface area contributed by atoms with Gasteiger partial charge in [0, 0.05) is 5.69 Å². The first kappa shape index (κ1) is 10.9. The Bertz CT molecular complexity index is 381. The summed E-state index contributed by atoms with van der Waals surface area (Å²) < 4.78 is 0. The van der Waals surface area contributed by atoms with E-state index in [0.717, 1.165) is 16.8 Å². The molecule has 0 unspecified atom stereocenters. The molecule has 2 aromatic rings. The minimum absolute atomic E-state index is 0. The quantitative estimate of drug-likeness (QED) is 0.437. The Kier molecular flexibility index (Phi) is 3.82. The first-order chi connectivity index (χ1) is 6.36. The monoisotopic (exact) mass is 175 g/mol. The number of rotatable bonds is 1. The van der Waals surface area contributed by atoms with E-state index in [9.17, 15) is 0 Å². The van der Waals surface area contributed by atoms with Gasteiger partial charge in [-0.2, -0.15) is 18.6 Å². The Morgan fingerprint density at radius 1 is 0.929 bits per heavy atom. The molecule has 0 bridgehead atoms. The summed E-state index contributed by atoms with van der Waals surface area (Å²) in [6.07, 6.45) is 1.78. The van der Waals surface area contributed by atoms with Crippen LogP contribution in [0.2, 0.25) is 0 Å². The molecule has 0 aliphatic heterocycles. The molecule has 0 aliphatic rings. The van der Waals surface area contributed by atoms with Gasteiger partial charge in [0.15, 0.2) is 0 Å². The Morgan fingerprint density at radius 2 is 1.64 bits per heavy atom. The summed E-state index contributed by atoms with van der Waals surface area (Å²) in [5, 5.41) is 0. The molecule has 0 aliphatic carbocycles. The fourth-order valence-corrected chi connectivity index (χ4v) is 1.20. The van der Waals surface area contributed by atoms with Gasteiger partial charge in [-0.1, -0.05) is 42.6 Å². The Hall–Kier alpha value is -1.16. The van der Waals surface area contributed by atoms with Gasteiger partial charge < -0.3 is 4.98 Å². The van der Waals surface area contributed by atoms with Crippen LogP contribution in [0.5, 0.6) is 0 Å². The van der Waals surface area contributed by atoms with Crippen molar-refractivity contribution in [3.05, 3.63) is 61.1 Å². The molecule has 0 amide bonds. The normalized spacial score (nSPS) is 9.14. The fourth-order valence-electron chi connectivity index (χ4n) is 1.20. The third-order valence-corrected chi connectivity index (χ3v) is 1.89. The van der Waals surface area contributed by atoms with Gasteiger partial charge in [-0.25, -0.2) is 0 Å². The Morgan fingerprint density at radius 3 is 2.21 bits per heavy atom. The van der Waals surface area contributed by atoms with Crippen molar-refractivity contribution >= 4 is 0 Å². The van der Waals surface area contributed by atoms with E-state index >= 15 is 0 Å². The molecule has 2 rings (SSSR count). The molecule has 0 N–H and O–H groups in total. The number of benzene rings is 1. The first-order valence-electron chi connectivity index (χ1n) is 4.20. The van der Waals surface area contributed by atoms with E-state index in [-0.39, 0.29) is 18.9 Å². The van der Waals surface area contributed by atoms with Crippen LogP contribution in [0.3, 0.4) is 0 Å². The minimum Gasteiger partial charge on any atom is -0.321 e. The minimum atomic E-state index is 0. The smallest absolute Gasteiger partial charge is 0.321 e. The Labute approximate surface area is 96.4 Å². The standard InChI is InChI=1S/C12H10N.Li/c1-10-7-8-12(13-9-10)11-5-3-2-4-6-11;/h2-9H,1H2;/q-1;+1. The van der Waals surface area contributed by atoms with Gasteiger partial charge in [-0.3, -0.25) is 0 Å². The predicted molar refractivity (Wildman–Crippen MR) is 54.1 cm³/mol. The maximum absolute atomic E-state index is 4.29. The van der Waals surface area contributed by atoms with Gasteiger partial charge in [-0.15, -0.1) is 0 Å². The average molecular weight is 175 g/mol. The van der Waals surface area contributed by atoms with Crippen molar-refractivity contribution in [3.63, 3.8) is 0 Å². The van der Waals surface area contributed by atoms with E-state index in [2.05, 4.69) is 11.9 Å². The molecule has 0 radical (unpaired) electrons. The number of hydrogen-bond donors (Lipinski definition) is 0. The van der Waals surface area contributed by atoms with Crippen LogP contribution in [0, 0.1) is 6.92 Å². The summed E-state index contributed by atoms with van der Waals surface area (Å²) in [7, 11) is 0. The van der Waals surface area contributed by atoms with E-state index in [4.69, 9.17) is 0 Å². The van der Waals surface area contributed by atoms with E-state index in [1.807, 2.05) is 42.5 Å². The molecule has 0 atom stereocenters. The first-order valence-corrected chi connectivity index (χ1v) is 4.20. The zero-order valence-electron chi connectivity index (χ0n) is 8.27. The number of nitrogens with zero attached hydrogens (tertiary/aromatic N) is 1. The van der Waals surface area contributed by atoms with Crippen molar-refractivity contribution in [2.75, 3.05) is 0 Å². The fraction of sp³-hybridized carbons (Fsp3) is 0. The molecule has 0 spiro atoms. The van der Waals surface area contributed by atoms with Crippen LogP contribution in [0.15, 0.2) is 48.7 Å². The van der Waals surface area contributed by atoms with Gasteiger partial charge >= 0.3 is 18.9 Å². The molecule has 1 heterocycles. The molecule has 0 saturated carbocycles. The molecule has 0 saturated heterocycles. The summed E-state index contributed by atoms with van der Waals surface area (Å²) in [5.41, 5.74) is 3.08. The van der Waals surface area contributed by atoms with Gasteiger partial charge in [0.1, 0.15) is 0 Å². The van der Waals surface area contributed by atoms with Crippen molar-refractivity contribution in [3.8, 4) is 11.3 Å². The molecule has 64 valence electrons. The van der Waals surface area contributed by atoms with Gasteiger partial charge in [-0.05, 0) is 5.56 Å². The summed E-state index contributed by atoms with van der Waals surface area (Å²) in [4.78, 5) is 4.29. The van der Waals surface area contributed by atoms with Crippen LogP contribution in [0.1, 0.15) is 5.56 Å². The van der Waals surface area contributed by atoms with Crippen molar-refractivity contribution < 1.29 is 18.9 Å². The molecular weight excluding hydrogens is 165 g/mol. The summed E-state index contributed by atoms with van der Waals surface area (Å²) in [5.74, 6) is 0. The SMILES string of the molecule is [CH2-]c1ccc(-c2ccccc2)nc1.[Li+]. The molecular formula is C12H10LiN. The molecule has 1 nitrogen and oxygen atoms in total. The maximum atomic E-state index is 4.29. The van der Waals surface area contributed by atoms with Crippen molar-refractivity contribution in [2.24, 2.45) is 0 Å². The van der Waals surface area contributed by atoms with E-state index in [1.165, 1.54) is 0 Å². The maximum Gasteiger partial charge on any atom is 1.00 e. The van der Waals surface area contributed by atoms with Crippen molar-refractivity contribution in [1.82, 2.24) is 4.98 Å². The molecule has 1 aromatic heterocycles. The molecule has 14 heavy (non-hydrogen) atoms. The largest absolute Gasteiger partial charge is 1.00 e. The summed E-state index contributed by atoms with van der Waals surface area (Å²) >= 11 is 0. The van der Waals surface area contributed by atoms with Gasteiger partial charge in [0.05, 0.1) is 0 Å². The number of pyridine rings is 1. The average Bonchev–Trinajstić information content (AvgIpc) is 2.20. The van der Waals surface area contributed by atoms with Crippen LogP contribution in [0.4, 0.5) is 0 Å². The van der Waals surface area contributed by atoms with Gasteiger partial charge in [0.25, 0.3) is 0 Å². The number of aromatic nitrogens is 1. The van der Waals surface area contributed by atoms with Crippen LogP contribution >= 0.6 is 0 Å². The van der Waals surface area contributed by atoms with Crippen LogP contribution < -0.4 is 18.9 Å². The summed E-state index contributed by atoms with van der Waals surface area (Å²) in [6, 6.07) is 14.1. The second-order valence-corrected chi connectivity index (χ2v) is 2.92. The molecule has 0 fully saturated rings. The predicted octanol–water partition coefficient (Wildman–Crippen LogP) is -0.0652. The second-order valence-electron chi connectivity index (χ2n) is 2.92. The van der Waals surface area contributed by atoms with E-state index < -0.39 is 0 Å².